The number of para-hydroxylation sites is 1. The van der Waals surface area contributed by atoms with Gasteiger partial charge in [0.15, 0.2) is 0 Å². The second kappa shape index (κ2) is 4.56. The molecule has 1 heterocycles. The van der Waals surface area contributed by atoms with Gasteiger partial charge in [0.1, 0.15) is 12.4 Å². The first-order valence-corrected chi connectivity index (χ1v) is 5.65. The highest BCUT2D eigenvalue weighted by atomic mass is 16.5. The average molecular weight is 219 g/mol. The minimum Gasteiger partial charge on any atom is -0.491 e. The first kappa shape index (κ1) is 11.0. The van der Waals surface area contributed by atoms with Crippen molar-refractivity contribution in [2.45, 2.75) is 32.7 Å². The maximum absolute atomic E-state index is 11.0. The Hall–Kier alpha value is -1.51. The molecule has 1 aromatic carbocycles. The third-order valence-corrected chi connectivity index (χ3v) is 2.92. The van der Waals surface area contributed by atoms with Gasteiger partial charge < -0.3 is 10.1 Å². The van der Waals surface area contributed by atoms with Gasteiger partial charge in [-0.1, -0.05) is 18.2 Å². The predicted molar refractivity (Wildman–Crippen MR) is 62.6 cm³/mol. The van der Waals surface area contributed by atoms with Gasteiger partial charge in [-0.15, -0.1) is 0 Å². The molecule has 0 aliphatic carbocycles. The fourth-order valence-corrected chi connectivity index (χ4v) is 2.01. The average Bonchev–Trinajstić information content (AvgIpc) is 2.63. The number of carbonyl (C=O) groups is 1. The van der Waals surface area contributed by atoms with Crippen molar-refractivity contribution in [1.29, 1.82) is 0 Å². The monoisotopic (exact) mass is 219 g/mol. The third kappa shape index (κ3) is 2.35. The molecule has 2 rings (SSSR count). The minimum absolute atomic E-state index is 0.134. The molecule has 0 bridgehead atoms. The maximum atomic E-state index is 11.0. The van der Waals surface area contributed by atoms with Crippen molar-refractivity contribution >= 4 is 5.91 Å². The Morgan fingerprint density at radius 1 is 1.38 bits per heavy atom. The van der Waals surface area contributed by atoms with Crippen LogP contribution in [0.4, 0.5) is 0 Å². The number of hydrogen-bond donors (Lipinski definition) is 1. The topological polar surface area (TPSA) is 38.3 Å². The van der Waals surface area contributed by atoms with Crippen LogP contribution in [0.25, 0.3) is 0 Å². The van der Waals surface area contributed by atoms with Gasteiger partial charge in [-0.25, -0.2) is 0 Å². The van der Waals surface area contributed by atoms with E-state index in [1.54, 1.807) is 0 Å². The molecule has 1 fully saturated rings. The summed E-state index contributed by atoms with van der Waals surface area (Å²) in [6.45, 7) is 4.64. The van der Waals surface area contributed by atoms with E-state index in [0.29, 0.717) is 13.0 Å². The number of nitrogens with one attached hydrogen (secondary N) is 1. The van der Waals surface area contributed by atoms with Crippen LogP contribution >= 0.6 is 0 Å². The molecular formula is C13H17NO2. The summed E-state index contributed by atoms with van der Waals surface area (Å²) < 4.78 is 5.79. The minimum atomic E-state index is 0.134. The number of benzene rings is 1. The van der Waals surface area contributed by atoms with E-state index in [0.717, 1.165) is 23.3 Å². The van der Waals surface area contributed by atoms with E-state index >= 15 is 0 Å². The summed E-state index contributed by atoms with van der Waals surface area (Å²) in [5, 5.41) is 2.90. The standard InChI is InChI=1S/C13H17NO2/c1-9-4-3-5-10(2)13(9)16-8-11-6-7-12(15)14-11/h3-5,11H,6-8H2,1-2H3,(H,14,15). The summed E-state index contributed by atoms with van der Waals surface area (Å²) in [5.74, 6) is 1.08. The number of rotatable bonds is 3. The van der Waals surface area contributed by atoms with Crippen LogP contribution in [0, 0.1) is 13.8 Å². The Kier molecular flexibility index (Phi) is 3.13. The highest BCUT2D eigenvalue weighted by molar-refractivity contribution is 5.78. The molecule has 1 amide bonds. The van der Waals surface area contributed by atoms with Gasteiger partial charge in [-0.3, -0.25) is 4.79 Å². The van der Waals surface area contributed by atoms with Gasteiger partial charge in [-0.05, 0) is 31.4 Å². The Morgan fingerprint density at radius 2 is 2.06 bits per heavy atom. The number of aryl methyl sites for hydroxylation is 2. The SMILES string of the molecule is Cc1cccc(C)c1OCC1CCC(=O)N1. The third-order valence-electron chi connectivity index (χ3n) is 2.92. The summed E-state index contributed by atoms with van der Waals surface area (Å²) in [5.41, 5.74) is 2.29. The van der Waals surface area contributed by atoms with Crippen LogP contribution < -0.4 is 10.1 Å². The van der Waals surface area contributed by atoms with Crippen LogP contribution in [-0.4, -0.2) is 18.6 Å². The molecule has 1 aliphatic heterocycles. The van der Waals surface area contributed by atoms with E-state index in [2.05, 4.69) is 5.32 Å². The van der Waals surface area contributed by atoms with Crippen molar-refractivity contribution < 1.29 is 9.53 Å². The van der Waals surface area contributed by atoms with Crippen molar-refractivity contribution in [2.75, 3.05) is 6.61 Å². The summed E-state index contributed by atoms with van der Waals surface area (Å²) in [4.78, 5) is 11.0. The summed E-state index contributed by atoms with van der Waals surface area (Å²) in [7, 11) is 0. The quantitative estimate of drug-likeness (QED) is 0.844. The van der Waals surface area contributed by atoms with Gasteiger partial charge in [-0.2, -0.15) is 0 Å². The van der Waals surface area contributed by atoms with Crippen LogP contribution in [0.5, 0.6) is 5.75 Å². The fraction of sp³-hybridized carbons (Fsp3) is 0.462. The molecule has 0 aromatic heterocycles. The van der Waals surface area contributed by atoms with Crippen molar-refractivity contribution in [3.05, 3.63) is 29.3 Å². The van der Waals surface area contributed by atoms with E-state index in [-0.39, 0.29) is 11.9 Å². The highest BCUT2D eigenvalue weighted by Crippen LogP contribution is 2.23. The molecule has 1 atom stereocenters. The van der Waals surface area contributed by atoms with Crippen molar-refractivity contribution in [3.63, 3.8) is 0 Å². The van der Waals surface area contributed by atoms with E-state index in [1.807, 2.05) is 32.0 Å². The maximum Gasteiger partial charge on any atom is 0.220 e. The Balaban J connectivity index is 1.97. The normalized spacial score (nSPS) is 19.6. The lowest BCUT2D eigenvalue weighted by Gasteiger charge is -2.15. The van der Waals surface area contributed by atoms with Crippen molar-refractivity contribution in [3.8, 4) is 5.75 Å². The van der Waals surface area contributed by atoms with E-state index < -0.39 is 0 Å². The van der Waals surface area contributed by atoms with E-state index in [9.17, 15) is 4.79 Å². The smallest absolute Gasteiger partial charge is 0.220 e. The van der Waals surface area contributed by atoms with E-state index in [4.69, 9.17) is 4.74 Å². The summed E-state index contributed by atoms with van der Waals surface area (Å²) in [6.07, 6.45) is 1.50. The number of amides is 1. The molecule has 1 saturated heterocycles. The zero-order valence-electron chi connectivity index (χ0n) is 9.75. The van der Waals surface area contributed by atoms with Gasteiger partial charge in [0.25, 0.3) is 0 Å². The Labute approximate surface area is 95.8 Å². The first-order chi connectivity index (χ1) is 7.66. The first-order valence-electron chi connectivity index (χ1n) is 5.65. The van der Waals surface area contributed by atoms with Crippen LogP contribution in [0.15, 0.2) is 18.2 Å². The van der Waals surface area contributed by atoms with Gasteiger partial charge >= 0.3 is 0 Å². The van der Waals surface area contributed by atoms with Crippen LogP contribution in [0.3, 0.4) is 0 Å². The second-order valence-corrected chi connectivity index (χ2v) is 4.34. The number of carbonyl (C=O) groups excluding carboxylic acids is 1. The lowest BCUT2D eigenvalue weighted by molar-refractivity contribution is -0.119. The molecule has 1 N–H and O–H groups in total. The molecule has 1 unspecified atom stereocenters. The molecule has 3 nitrogen and oxygen atoms in total. The molecule has 3 heteroatoms. The second-order valence-electron chi connectivity index (χ2n) is 4.34. The van der Waals surface area contributed by atoms with E-state index in [1.165, 1.54) is 0 Å². The van der Waals surface area contributed by atoms with Crippen LogP contribution in [-0.2, 0) is 4.79 Å². The fourth-order valence-electron chi connectivity index (χ4n) is 2.01. The molecule has 0 saturated carbocycles. The number of hydrogen-bond acceptors (Lipinski definition) is 2. The Bertz CT molecular complexity index is 381. The predicted octanol–water partition coefficient (Wildman–Crippen LogP) is 1.96. The summed E-state index contributed by atoms with van der Waals surface area (Å²) >= 11 is 0. The van der Waals surface area contributed by atoms with Crippen LogP contribution in [0.1, 0.15) is 24.0 Å². The molecule has 16 heavy (non-hydrogen) atoms. The van der Waals surface area contributed by atoms with Gasteiger partial charge in [0, 0.05) is 6.42 Å². The molecule has 1 aromatic rings. The summed E-state index contributed by atoms with van der Waals surface area (Å²) in [6, 6.07) is 6.27. The molecular weight excluding hydrogens is 202 g/mol. The zero-order chi connectivity index (χ0) is 11.5. The van der Waals surface area contributed by atoms with Crippen LogP contribution in [0.2, 0.25) is 0 Å². The largest absolute Gasteiger partial charge is 0.491 e. The Morgan fingerprint density at radius 3 is 2.62 bits per heavy atom. The van der Waals surface area contributed by atoms with Crippen molar-refractivity contribution in [2.24, 2.45) is 0 Å². The molecule has 86 valence electrons. The van der Waals surface area contributed by atoms with Gasteiger partial charge in [0.2, 0.25) is 5.91 Å². The molecule has 0 radical (unpaired) electrons. The number of ether oxygens (including phenoxy) is 1. The molecule has 1 aliphatic rings. The van der Waals surface area contributed by atoms with Gasteiger partial charge in [0.05, 0.1) is 6.04 Å². The lowest BCUT2D eigenvalue weighted by atomic mass is 10.1. The molecule has 0 spiro atoms. The lowest BCUT2D eigenvalue weighted by Crippen LogP contribution is -2.31. The van der Waals surface area contributed by atoms with Crippen molar-refractivity contribution in [1.82, 2.24) is 5.32 Å². The zero-order valence-corrected chi connectivity index (χ0v) is 9.75. The highest BCUT2D eigenvalue weighted by Gasteiger charge is 2.21.